The van der Waals surface area contributed by atoms with E-state index >= 15 is 0 Å². The summed E-state index contributed by atoms with van der Waals surface area (Å²) in [5.41, 5.74) is 0.866. The highest BCUT2D eigenvalue weighted by atomic mass is 32.1. The summed E-state index contributed by atoms with van der Waals surface area (Å²) in [6.07, 6.45) is -0.530. The average Bonchev–Trinajstić information content (AvgIpc) is 2.98. The topological polar surface area (TPSA) is 41.5 Å². The predicted molar refractivity (Wildman–Crippen MR) is 78.7 cm³/mol. The standard InChI is InChI=1S/C15H19NO2S/c1-11(15-7-4-8-19-15)16-10-14(17)12-5-3-6-13(9-12)18-2/h3-9,11,14,16-17H,10H2,1-2H3. The molecular formula is C15H19NO2S. The van der Waals surface area contributed by atoms with E-state index in [9.17, 15) is 5.11 Å². The van der Waals surface area contributed by atoms with Gasteiger partial charge in [0.05, 0.1) is 13.2 Å². The van der Waals surface area contributed by atoms with Gasteiger partial charge in [-0.1, -0.05) is 18.2 Å². The van der Waals surface area contributed by atoms with E-state index in [4.69, 9.17) is 4.74 Å². The Hall–Kier alpha value is -1.36. The van der Waals surface area contributed by atoms with Crippen molar-refractivity contribution in [3.63, 3.8) is 0 Å². The molecule has 1 aromatic heterocycles. The van der Waals surface area contributed by atoms with Crippen LogP contribution < -0.4 is 10.1 Å². The van der Waals surface area contributed by atoms with E-state index in [-0.39, 0.29) is 6.04 Å². The minimum Gasteiger partial charge on any atom is -0.497 e. The van der Waals surface area contributed by atoms with Crippen LogP contribution >= 0.6 is 11.3 Å². The number of nitrogens with one attached hydrogen (secondary N) is 1. The molecule has 1 heterocycles. The second kappa shape index (κ2) is 6.70. The number of thiophene rings is 1. The number of methoxy groups -OCH3 is 1. The maximum Gasteiger partial charge on any atom is 0.119 e. The number of rotatable bonds is 6. The van der Waals surface area contributed by atoms with Crippen molar-refractivity contribution in [1.82, 2.24) is 5.32 Å². The van der Waals surface area contributed by atoms with Crippen molar-refractivity contribution in [3.8, 4) is 5.75 Å². The number of ether oxygens (including phenoxy) is 1. The predicted octanol–water partition coefficient (Wildman–Crippen LogP) is 3.14. The number of aliphatic hydroxyl groups excluding tert-OH is 1. The highest BCUT2D eigenvalue weighted by molar-refractivity contribution is 7.10. The normalized spacial score (nSPS) is 14.1. The van der Waals surface area contributed by atoms with Crippen LogP contribution in [0, 0.1) is 0 Å². The molecule has 1 aromatic carbocycles. The van der Waals surface area contributed by atoms with E-state index in [0.29, 0.717) is 6.54 Å². The Bertz CT molecular complexity index is 499. The van der Waals surface area contributed by atoms with Gasteiger partial charge in [-0.3, -0.25) is 0 Å². The lowest BCUT2D eigenvalue weighted by Crippen LogP contribution is -2.24. The molecule has 0 aliphatic rings. The van der Waals surface area contributed by atoms with Gasteiger partial charge in [-0.2, -0.15) is 0 Å². The molecule has 0 amide bonds. The van der Waals surface area contributed by atoms with Crippen LogP contribution in [0.3, 0.4) is 0 Å². The third kappa shape index (κ3) is 3.80. The number of benzene rings is 1. The molecule has 19 heavy (non-hydrogen) atoms. The molecule has 0 aliphatic carbocycles. The minimum atomic E-state index is -0.530. The quantitative estimate of drug-likeness (QED) is 0.852. The van der Waals surface area contributed by atoms with Gasteiger partial charge in [0.15, 0.2) is 0 Å². The molecule has 2 rings (SSSR count). The molecule has 0 saturated heterocycles. The molecule has 2 unspecified atom stereocenters. The van der Waals surface area contributed by atoms with Crippen LogP contribution in [0.15, 0.2) is 41.8 Å². The summed E-state index contributed by atoms with van der Waals surface area (Å²) >= 11 is 1.72. The zero-order chi connectivity index (χ0) is 13.7. The Morgan fingerprint density at radius 3 is 2.84 bits per heavy atom. The van der Waals surface area contributed by atoms with Gasteiger partial charge in [0.2, 0.25) is 0 Å². The fourth-order valence-electron chi connectivity index (χ4n) is 1.89. The average molecular weight is 277 g/mol. The van der Waals surface area contributed by atoms with Crippen molar-refractivity contribution < 1.29 is 9.84 Å². The van der Waals surface area contributed by atoms with Crippen molar-refractivity contribution in [2.45, 2.75) is 19.1 Å². The van der Waals surface area contributed by atoms with E-state index in [2.05, 4.69) is 23.7 Å². The number of hydrogen-bond donors (Lipinski definition) is 2. The molecule has 0 aliphatic heterocycles. The Balaban J connectivity index is 1.91. The van der Waals surface area contributed by atoms with Gasteiger partial charge in [-0.05, 0) is 36.1 Å². The third-order valence-corrected chi connectivity index (χ3v) is 4.12. The van der Waals surface area contributed by atoms with Gasteiger partial charge >= 0.3 is 0 Å². The van der Waals surface area contributed by atoms with Crippen molar-refractivity contribution in [2.24, 2.45) is 0 Å². The van der Waals surface area contributed by atoms with Gasteiger partial charge in [0.1, 0.15) is 5.75 Å². The summed E-state index contributed by atoms with van der Waals surface area (Å²) in [5.74, 6) is 0.767. The van der Waals surface area contributed by atoms with E-state index < -0.39 is 6.10 Å². The van der Waals surface area contributed by atoms with E-state index in [1.807, 2.05) is 30.3 Å². The monoisotopic (exact) mass is 277 g/mol. The van der Waals surface area contributed by atoms with Crippen LogP contribution in [0.4, 0.5) is 0 Å². The third-order valence-electron chi connectivity index (χ3n) is 3.07. The maximum atomic E-state index is 10.2. The smallest absolute Gasteiger partial charge is 0.119 e. The maximum absolute atomic E-state index is 10.2. The molecule has 2 atom stereocenters. The first kappa shape index (κ1) is 14.1. The van der Waals surface area contributed by atoms with E-state index in [1.165, 1.54) is 4.88 Å². The Morgan fingerprint density at radius 2 is 2.16 bits per heavy atom. The first-order valence-electron chi connectivity index (χ1n) is 6.29. The minimum absolute atomic E-state index is 0.250. The zero-order valence-corrected chi connectivity index (χ0v) is 12.0. The van der Waals surface area contributed by atoms with Crippen molar-refractivity contribution >= 4 is 11.3 Å². The molecule has 0 bridgehead atoms. The first-order valence-corrected chi connectivity index (χ1v) is 7.17. The second-order valence-corrected chi connectivity index (χ2v) is 5.42. The number of aliphatic hydroxyl groups is 1. The summed E-state index contributed by atoms with van der Waals surface area (Å²) in [4.78, 5) is 1.28. The lowest BCUT2D eigenvalue weighted by molar-refractivity contribution is 0.170. The highest BCUT2D eigenvalue weighted by Crippen LogP contribution is 2.21. The van der Waals surface area contributed by atoms with Crippen LogP contribution in [0.1, 0.15) is 29.5 Å². The zero-order valence-electron chi connectivity index (χ0n) is 11.2. The van der Waals surface area contributed by atoms with Crippen molar-refractivity contribution in [3.05, 3.63) is 52.2 Å². The Morgan fingerprint density at radius 1 is 1.32 bits per heavy atom. The molecule has 3 nitrogen and oxygen atoms in total. The largest absolute Gasteiger partial charge is 0.497 e. The van der Waals surface area contributed by atoms with Gasteiger partial charge in [-0.15, -0.1) is 11.3 Å². The van der Waals surface area contributed by atoms with E-state index in [1.54, 1.807) is 18.4 Å². The fraction of sp³-hybridized carbons (Fsp3) is 0.333. The van der Waals surface area contributed by atoms with Gasteiger partial charge in [0, 0.05) is 17.5 Å². The summed E-state index contributed by atoms with van der Waals surface area (Å²) in [6.45, 7) is 2.62. The van der Waals surface area contributed by atoms with Crippen LogP contribution in [0.25, 0.3) is 0 Å². The molecule has 0 saturated carbocycles. The van der Waals surface area contributed by atoms with Crippen molar-refractivity contribution in [1.29, 1.82) is 0 Å². The molecular weight excluding hydrogens is 258 g/mol. The van der Waals surface area contributed by atoms with E-state index in [0.717, 1.165) is 11.3 Å². The summed E-state index contributed by atoms with van der Waals surface area (Å²) in [5, 5.41) is 15.6. The lowest BCUT2D eigenvalue weighted by Gasteiger charge is -2.17. The van der Waals surface area contributed by atoms with Gasteiger partial charge < -0.3 is 15.2 Å². The molecule has 2 N–H and O–H groups in total. The Kier molecular flexibility index (Phi) is 4.96. The van der Waals surface area contributed by atoms with Crippen LogP contribution in [0.2, 0.25) is 0 Å². The van der Waals surface area contributed by atoms with Crippen LogP contribution in [0.5, 0.6) is 5.75 Å². The molecule has 2 aromatic rings. The second-order valence-electron chi connectivity index (χ2n) is 4.44. The lowest BCUT2D eigenvalue weighted by atomic mass is 10.1. The summed E-state index contributed by atoms with van der Waals surface area (Å²) < 4.78 is 5.16. The number of hydrogen-bond acceptors (Lipinski definition) is 4. The molecule has 4 heteroatoms. The molecule has 102 valence electrons. The first-order chi connectivity index (χ1) is 9.20. The fourth-order valence-corrected chi connectivity index (χ4v) is 2.65. The Labute approximate surface area is 117 Å². The van der Waals surface area contributed by atoms with Crippen LogP contribution in [-0.4, -0.2) is 18.8 Å². The molecule has 0 fully saturated rings. The summed E-state index contributed by atoms with van der Waals surface area (Å²) in [6, 6.07) is 11.9. The van der Waals surface area contributed by atoms with Crippen LogP contribution in [-0.2, 0) is 0 Å². The van der Waals surface area contributed by atoms with Gasteiger partial charge in [0.25, 0.3) is 0 Å². The highest BCUT2D eigenvalue weighted by Gasteiger charge is 2.11. The molecule has 0 radical (unpaired) electrons. The van der Waals surface area contributed by atoms with Crippen molar-refractivity contribution in [2.75, 3.05) is 13.7 Å². The molecule has 0 spiro atoms. The SMILES string of the molecule is COc1cccc(C(O)CNC(C)c2cccs2)c1. The summed E-state index contributed by atoms with van der Waals surface area (Å²) in [7, 11) is 1.63. The van der Waals surface area contributed by atoms with Gasteiger partial charge in [-0.25, -0.2) is 0 Å².